The van der Waals surface area contributed by atoms with Crippen LogP contribution >= 0.6 is 0 Å². The highest BCUT2D eigenvalue weighted by Gasteiger charge is 2.43. The van der Waals surface area contributed by atoms with E-state index in [4.69, 9.17) is 5.73 Å². The van der Waals surface area contributed by atoms with Crippen LogP contribution in [0.4, 0.5) is 0 Å². The summed E-state index contributed by atoms with van der Waals surface area (Å²) in [5, 5.41) is 0. The normalized spacial score (nSPS) is 38.5. The summed E-state index contributed by atoms with van der Waals surface area (Å²) in [5.74, 6) is 2.10. The highest BCUT2D eigenvalue weighted by atomic mass is 15.3. The number of hydrogen-bond donors (Lipinski definition) is 1. The molecule has 1 aliphatic heterocycles. The second-order valence-electron chi connectivity index (χ2n) is 7.28. The fourth-order valence-corrected chi connectivity index (χ4v) is 4.45. The van der Waals surface area contributed by atoms with Crippen molar-refractivity contribution in [2.24, 2.45) is 17.6 Å². The second kappa shape index (κ2) is 4.77. The lowest BCUT2D eigenvalue weighted by molar-refractivity contribution is 0.0250. The first-order valence-corrected chi connectivity index (χ1v) is 7.79. The van der Waals surface area contributed by atoms with Crippen LogP contribution in [0.2, 0.25) is 0 Å². The summed E-state index contributed by atoms with van der Waals surface area (Å²) in [4.78, 5) is 5.36. The monoisotopic (exact) mass is 251 g/mol. The van der Waals surface area contributed by atoms with Gasteiger partial charge in [-0.3, -0.25) is 9.80 Å². The lowest BCUT2D eigenvalue weighted by atomic mass is 9.93. The third-order valence-corrected chi connectivity index (χ3v) is 5.84. The van der Waals surface area contributed by atoms with E-state index in [1.54, 1.807) is 0 Å². The van der Waals surface area contributed by atoms with Gasteiger partial charge in [-0.1, -0.05) is 6.42 Å². The van der Waals surface area contributed by atoms with Crippen molar-refractivity contribution < 1.29 is 0 Å². The van der Waals surface area contributed by atoms with Crippen LogP contribution in [-0.4, -0.2) is 54.1 Å². The first kappa shape index (κ1) is 12.9. The summed E-state index contributed by atoms with van der Waals surface area (Å²) < 4.78 is 0. The molecule has 3 aliphatic rings. The van der Waals surface area contributed by atoms with Crippen molar-refractivity contribution in [1.29, 1.82) is 0 Å². The Bertz CT molecular complexity index is 294. The number of fused-ring (bicyclic) bond motifs is 2. The lowest BCUT2D eigenvalue weighted by Gasteiger charge is -2.46. The molecule has 2 N–H and O–H groups in total. The average Bonchev–Trinajstić information content (AvgIpc) is 3.01. The minimum atomic E-state index is 0.181. The van der Waals surface area contributed by atoms with Crippen molar-refractivity contribution in [3.05, 3.63) is 0 Å². The Hall–Kier alpha value is -0.120. The molecule has 0 radical (unpaired) electrons. The lowest BCUT2D eigenvalue weighted by Crippen LogP contribution is -2.59. The molecule has 3 fully saturated rings. The molecule has 0 amide bonds. The van der Waals surface area contributed by atoms with Gasteiger partial charge in [0.05, 0.1) is 0 Å². The van der Waals surface area contributed by atoms with Crippen LogP contribution in [-0.2, 0) is 0 Å². The number of piperazine rings is 1. The van der Waals surface area contributed by atoms with E-state index >= 15 is 0 Å². The topological polar surface area (TPSA) is 32.5 Å². The smallest absolute Gasteiger partial charge is 0.0276 e. The number of nitrogens with zero attached hydrogens (tertiary/aromatic N) is 2. The van der Waals surface area contributed by atoms with Crippen molar-refractivity contribution in [3.63, 3.8) is 0 Å². The maximum absolute atomic E-state index is 5.89. The highest BCUT2D eigenvalue weighted by molar-refractivity contribution is 4.97. The van der Waals surface area contributed by atoms with Gasteiger partial charge >= 0.3 is 0 Å². The van der Waals surface area contributed by atoms with Crippen molar-refractivity contribution in [1.82, 2.24) is 9.80 Å². The van der Waals surface area contributed by atoms with Gasteiger partial charge in [0.2, 0.25) is 0 Å². The third-order valence-electron chi connectivity index (χ3n) is 5.84. The van der Waals surface area contributed by atoms with Crippen LogP contribution in [0.15, 0.2) is 0 Å². The zero-order valence-electron chi connectivity index (χ0n) is 12.1. The van der Waals surface area contributed by atoms with Crippen LogP contribution in [0, 0.1) is 11.8 Å². The Morgan fingerprint density at radius 2 is 1.78 bits per heavy atom. The van der Waals surface area contributed by atoms with Gasteiger partial charge in [0.15, 0.2) is 0 Å². The molecular weight excluding hydrogens is 222 g/mol. The van der Waals surface area contributed by atoms with Crippen LogP contribution in [0.3, 0.4) is 0 Å². The van der Waals surface area contributed by atoms with E-state index in [1.807, 2.05) is 0 Å². The molecule has 3 unspecified atom stereocenters. The fraction of sp³-hybridized carbons (Fsp3) is 1.00. The zero-order chi connectivity index (χ0) is 12.8. The van der Waals surface area contributed by atoms with Crippen molar-refractivity contribution >= 4 is 0 Å². The molecule has 104 valence electrons. The average molecular weight is 251 g/mol. The van der Waals surface area contributed by atoms with E-state index in [1.165, 1.54) is 51.9 Å². The van der Waals surface area contributed by atoms with Crippen LogP contribution < -0.4 is 5.73 Å². The van der Waals surface area contributed by atoms with Gasteiger partial charge in [0.1, 0.15) is 0 Å². The molecule has 3 nitrogen and oxygen atoms in total. The standard InChI is InChI=1S/C15H29N3/c1-15(2,11-16)18-7-5-17(6-8-18)14-10-12-3-4-13(14)9-12/h12-14H,3-11,16H2,1-2H3. The minimum absolute atomic E-state index is 0.181. The van der Waals surface area contributed by atoms with Gasteiger partial charge in [-0.2, -0.15) is 0 Å². The van der Waals surface area contributed by atoms with Gasteiger partial charge in [-0.25, -0.2) is 0 Å². The van der Waals surface area contributed by atoms with Gasteiger partial charge in [0.25, 0.3) is 0 Å². The van der Waals surface area contributed by atoms with E-state index in [9.17, 15) is 0 Å². The van der Waals surface area contributed by atoms with E-state index in [0.717, 1.165) is 24.4 Å². The van der Waals surface area contributed by atoms with Gasteiger partial charge in [-0.15, -0.1) is 0 Å². The Labute approximate surface area is 112 Å². The largest absolute Gasteiger partial charge is 0.329 e. The molecule has 0 aromatic heterocycles. The summed E-state index contributed by atoms with van der Waals surface area (Å²) in [5.41, 5.74) is 6.07. The van der Waals surface area contributed by atoms with Crippen molar-refractivity contribution in [2.45, 2.75) is 51.1 Å². The summed E-state index contributed by atoms with van der Waals surface area (Å²) in [6.45, 7) is 10.3. The van der Waals surface area contributed by atoms with Gasteiger partial charge in [0, 0.05) is 44.3 Å². The zero-order valence-corrected chi connectivity index (χ0v) is 12.1. The number of hydrogen-bond acceptors (Lipinski definition) is 3. The minimum Gasteiger partial charge on any atom is -0.329 e. The molecule has 0 spiro atoms. The predicted octanol–water partition coefficient (Wildman–Crippen LogP) is 1.53. The molecule has 2 aliphatic carbocycles. The predicted molar refractivity (Wildman–Crippen MR) is 75.5 cm³/mol. The molecule has 18 heavy (non-hydrogen) atoms. The Balaban J connectivity index is 1.54. The first-order valence-electron chi connectivity index (χ1n) is 7.79. The van der Waals surface area contributed by atoms with E-state index in [0.29, 0.717) is 0 Å². The summed E-state index contributed by atoms with van der Waals surface area (Å²) >= 11 is 0. The highest BCUT2D eigenvalue weighted by Crippen LogP contribution is 2.46. The van der Waals surface area contributed by atoms with Crippen LogP contribution in [0.5, 0.6) is 0 Å². The molecule has 3 heteroatoms. The van der Waals surface area contributed by atoms with Gasteiger partial charge in [-0.05, 0) is 44.9 Å². The van der Waals surface area contributed by atoms with Crippen molar-refractivity contribution in [2.75, 3.05) is 32.7 Å². The molecule has 1 saturated heterocycles. The SMILES string of the molecule is CC(C)(CN)N1CCN(C2CC3CCC2C3)CC1. The molecule has 0 aromatic rings. The van der Waals surface area contributed by atoms with Crippen molar-refractivity contribution in [3.8, 4) is 0 Å². The summed E-state index contributed by atoms with van der Waals surface area (Å²) in [6.07, 6.45) is 6.04. The Morgan fingerprint density at radius 1 is 1.06 bits per heavy atom. The second-order valence-corrected chi connectivity index (χ2v) is 7.28. The molecule has 2 bridgehead atoms. The molecule has 3 atom stereocenters. The maximum atomic E-state index is 5.89. The fourth-order valence-electron chi connectivity index (χ4n) is 4.45. The van der Waals surface area contributed by atoms with Crippen LogP contribution in [0.25, 0.3) is 0 Å². The van der Waals surface area contributed by atoms with E-state index < -0.39 is 0 Å². The summed E-state index contributed by atoms with van der Waals surface area (Å²) in [7, 11) is 0. The molecule has 1 heterocycles. The molecule has 0 aromatic carbocycles. The Morgan fingerprint density at radius 3 is 2.28 bits per heavy atom. The molecular formula is C15H29N3. The molecule has 2 saturated carbocycles. The first-order chi connectivity index (χ1) is 8.60. The van der Waals surface area contributed by atoms with Gasteiger partial charge < -0.3 is 5.73 Å². The number of nitrogens with two attached hydrogens (primary N) is 1. The third kappa shape index (κ3) is 2.21. The molecule has 3 rings (SSSR count). The quantitative estimate of drug-likeness (QED) is 0.825. The maximum Gasteiger partial charge on any atom is 0.0276 e. The van der Waals surface area contributed by atoms with E-state index in [-0.39, 0.29) is 5.54 Å². The van der Waals surface area contributed by atoms with E-state index in [2.05, 4.69) is 23.6 Å². The Kier molecular flexibility index (Phi) is 3.41. The summed E-state index contributed by atoms with van der Waals surface area (Å²) in [6, 6.07) is 0.923. The number of rotatable bonds is 3. The van der Waals surface area contributed by atoms with Crippen LogP contribution in [0.1, 0.15) is 39.5 Å².